The van der Waals surface area contributed by atoms with Crippen LogP contribution in [-0.4, -0.2) is 0 Å². The van der Waals surface area contributed by atoms with Crippen molar-refractivity contribution in [2.45, 2.75) is 6.16 Å². The van der Waals surface area contributed by atoms with Gasteiger partial charge in [0, 0.05) is 5.56 Å². The fraction of sp³-hybridized carbons (Fsp3) is 0.0526. The van der Waals surface area contributed by atoms with Crippen molar-refractivity contribution in [3.05, 3.63) is 84.4 Å². The number of halogens is 1. The van der Waals surface area contributed by atoms with Crippen LogP contribution in [0.4, 0.5) is 0 Å². The lowest BCUT2D eigenvalue weighted by Crippen LogP contribution is -2.18. The van der Waals surface area contributed by atoms with Crippen molar-refractivity contribution >= 4 is 25.1 Å². The van der Waals surface area contributed by atoms with Crippen LogP contribution < -0.4 is 9.83 Å². The Bertz CT molecular complexity index is 871. The molecule has 0 spiro atoms. The summed E-state index contributed by atoms with van der Waals surface area (Å²) < 4.78 is 19.6. The van der Waals surface area contributed by atoms with Crippen LogP contribution in [0, 0.1) is 0 Å². The highest BCUT2D eigenvalue weighted by atomic mass is 35.5. The normalized spacial score (nSPS) is 18.1. The Morgan fingerprint density at radius 1 is 0.739 bits per heavy atom. The summed E-state index contributed by atoms with van der Waals surface area (Å²) in [5.41, 5.74) is 3.06. The molecule has 1 heterocycles. The molecule has 116 valence electrons. The molecule has 0 aliphatic carbocycles. The van der Waals surface area contributed by atoms with Gasteiger partial charge < -0.3 is 4.52 Å². The van der Waals surface area contributed by atoms with Crippen LogP contribution in [0.1, 0.15) is 5.56 Å². The van der Waals surface area contributed by atoms with Crippen LogP contribution in [-0.2, 0) is 10.7 Å². The molecule has 1 aliphatic rings. The van der Waals surface area contributed by atoms with E-state index in [4.69, 9.17) is 4.52 Å². The van der Waals surface area contributed by atoms with Crippen LogP contribution in [0.5, 0.6) is 5.75 Å². The highest BCUT2D eigenvalue weighted by molar-refractivity contribution is 7.67. The molecular formula is C19H16ClO2P. The Morgan fingerprint density at radius 3 is 2.13 bits per heavy atom. The molecule has 0 amide bonds. The fourth-order valence-corrected chi connectivity index (χ4v) is 5.29. The first kappa shape index (κ1) is 15.9. The number of fused-ring (bicyclic) bond motifs is 3. The van der Waals surface area contributed by atoms with Gasteiger partial charge in [-0.15, -0.1) is 12.4 Å². The molecule has 3 aromatic rings. The van der Waals surface area contributed by atoms with E-state index in [9.17, 15) is 4.57 Å². The highest BCUT2D eigenvalue weighted by Crippen LogP contribution is 2.56. The van der Waals surface area contributed by atoms with Crippen molar-refractivity contribution in [1.29, 1.82) is 0 Å². The van der Waals surface area contributed by atoms with Gasteiger partial charge in [0.25, 0.3) is 7.37 Å². The second-order valence-electron chi connectivity index (χ2n) is 5.42. The lowest BCUT2D eigenvalue weighted by molar-refractivity contribution is 0.490. The zero-order chi connectivity index (χ0) is 15.0. The molecule has 0 N–H and O–H groups in total. The van der Waals surface area contributed by atoms with Gasteiger partial charge in [-0.2, -0.15) is 0 Å². The van der Waals surface area contributed by atoms with Crippen molar-refractivity contribution in [3.63, 3.8) is 0 Å². The Morgan fingerprint density at radius 2 is 1.35 bits per heavy atom. The molecule has 4 rings (SSSR count). The fourth-order valence-electron chi connectivity index (χ4n) is 2.92. The molecular weight excluding hydrogens is 327 g/mol. The molecule has 4 heteroatoms. The average Bonchev–Trinajstić information content (AvgIpc) is 2.56. The van der Waals surface area contributed by atoms with Crippen LogP contribution in [0.2, 0.25) is 0 Å². The summed E-state index contributed by atoms with van der Waals surface area (Å²) in [5, 5.41) is 0.817. The summed E-state index contributed by atoms with van der Waals surface area (Å²) in [5.74, 6) is 0.709. The largest absolute Gasteiger partial charge is 0.439 e. The van der Waals surface area contributed by atoms with Gasteiger partial charge in [-0.1, -0.05) is 66.7 Å². The number of hydrogen-bond donors (Lipinski definition) is 0. The maximum absolute atomic E-state index is 13.6. The molecule has 2 nitrogen and oxygen atoms in total. The molecule has 0 aromatic heterocycles. The number of benzene rings is 3. The summed E-state index contributed by atoms with van der Waals surface area (Å²) in [7, 11) is -2.96. The van der Waals surface area contributed by atoms with Gasteiger partial charge in [-0.25, -0.2) is 0 Å². The topological polar surface area (TPSA) is 26.3 Å². The van der Waals surface area contributed by atoms with Gasteiger partial charge in [-0.05, 0) is 23.3 Å². The standard InChI is InChI=1S/C19H15O2P.ClH/c20-22(14-15-8-2-1-3-9-15)19-13-7-5-11-17(19)16-10-4-6-12-18(16)21-22;/h1-13H,14H2;1H. The third-order valence-electron chi connectivity index (χ3n) is 3.93. The van der Waals surface area contributed by atoms with E-state index in [0.717, 1.165) is 22.0 Å². The molecule has 0 saturated heterocycles. The Balaban J connectivity index is 0.00000156. The number of para-hydroxylation sites is 1. The molecule has 1 atom stereocenters. The van der Waals surface area contributed by atoms with E-state index in [-0.39, 0.29) is 12.4 Å². The van der Waals surface area contributed by atoms with Gasteiger partial charge in [-0.3, -0.25) is 4.57 Å². The van der Waals surface area contributed by atoms with Crippen LogP contribution in [0.3, 0.4) is 0 Å². The molecule has 0 radical (unpaired) electrons. The van der Waals surface area contributed by atoms with E-state index in [1.807, 2.05) is 78.9 Å². The monoisotopic (exact) mass is 342 g/mol. The molecule has 1 unspecified atom stereocenters. The van der Waals surface area contributed by atoms with Gasteiger partial charge in [0.2, 0.25) is 0 Å². The molecule has 0 fully saturated rings. The molecule has 23 heavy (non-hydrogen) atoms. The zero-order valence-corrected chi connectivity index (χ0v) is 14.1. The predicted molar refractivity (Wildman–Crippen MR) is 97.1 cm³/mol. The Hall–Kier alpha value is -2.02. The second kappa shape index (κ2) is 6.23. The summed E-state index contributed by atoms with van der Waals surface area (Å²) in [4.78, 5) is 0. The first-order chi connectivity index (χ1) is 10.8. The minimum absolute atomic E-state index is 0. The van der Waals surface area contributed by atoms with Crippen molar-refractivity contribution in [1.82, 2.24) is 0 Å². The third-order valence-corrected chi connectivity index (χ3v) is 6.32. The predicted octanol–water partition coefficient (Wildman–Crippen LogP) is 5.27. The van der Waals surface area contributed by atoms with Crippen molar-refractivity contribution in [2.24, 2.45) is 0 Å². The lowest BCUT2D eigenvalue weighted by Gasteiger charge is -2.28. The number of hydrogen-bond acceptors (Lipinski definition) is 2. The van der Waals surface area contributed by atoms with E-state index in [2.05, 4.69) is 0 Å². The summed E-state index contributed by atoms with van der Waals surface area (Å²) in [6.45, 7) is 0. The SMILES string of the molecule is Cl.O=P1(Cc2ccccc2)Oc2ccccc2-c2ccccc21. The molecule has 1 aliphatic heterocycles. The molecule has 0 bridgehead atoms. The van der Waals surface area contributed by atoms with Gasteiger partial charge in [0.15, 0.2) is 0 Å². The van der Waals surface area contributed by atoms with Gasteiger partial charge in [0.1, 0.15) is 5.75 Å². The van der Waals surface area contributed by atoms with Gasteiger partial charge in [0.05, 0.1) is 11.5 Å². The van der Waals surface area contributed by atoms with Crippen molar-refractivity contribution < 1.29 is 9.09 Å². The second-order valence-corrected chi connectivity index (χ2v) is 7.75. The molecule has 3 aromatic carbocycles. The maximum Gasteiger partial charge on any atom is 0.282 e. The van der Waals surface area contributed by atoms with Gasteiger partial charge >= 0.3 is 0 Å². The smallest absolute Gasteiger partial charge is 0.282 e. The quantitative estimate of drug-likeness (QED) is 0.593. The van der Waals surface area contributed by atoms with E-state index in [1.54, 1.807) is 0 Å². The van der Waals surface area contributed by atoms with Crippen LogP contribution in [0.25, 0.3) is 11.1 Å². The minimum Gasteiger partial charge on any atom is -0.439 e. The van der Waals surface area contributed by atoms with E-state index in [0.29, 0.717) is 11.9 Å². The Kier molecular flexibility index (Phi) is 4.30. The van der Waals surface area contributed by atoms with Crippen molar-refractivity contribution in [2.75, 3.05) is 0 Å². The maximum atomic E-state index is 13.6. The first-order valence-corrected chi connectivity index (χ1v) is 9.09. The molecule has 0 saturated carbocycles. The van der Waals surface area contributed by atoms with E-state index in [1.165, 1.54) is 0 Å². The van der Waals surface area contributed by atoms with E-state index < -0.39 is 7.37 Å². The average molecular weight is 343 g/mol. The zero-order valence-electron chi connectivity index (χ0n) is 12.4. The Labute approximate surface area is 142 Å². The number of rotatable bonds is 2. The van der Waals surface area contributed by atoms with E-state index >= 15 is 0 Å². The minimum atomic E-state index is -2.96. The summed E-state index contributed by atoms with van der Waals surface area (Å²) in [6, 6.07) is 25.5. The highest BCUT2D eigenvalue weighted by Gasteiger charge is 2.35. The summed E-state index contributed by atoms with van der Waals surface area (Å²) >= 11 is 0. The van der Waals surface area contributed by atoms with Crippen molar-refractivity contribution in [3.8, 4) is 16.9 Å². The lowest BCUT2D eigenvalue weighted by atomic mass is 10.0. The van der Waals surface area contributed by atoms with Crippen LogP contribution >= 0.6 is 19.8 Å². The summed E-state index contributed by atoms with van der Waals surface area (Å²) in [6.07, 6.45) is 0.416. The van der Waals surface area contributed by atoms with Crippen LogP contribution in [0.15, 0.2) is 78.9 Å². The first-order valence-electron chi connectivity index (χ1n) is 7.28. The third kappa shape index (κ3) is 2.81.